The predicted molar refractivity (Wildman–Crippen MR) is 90.8 cm³/mol. The summed E-state index contributed by atoms with van der Waals surface area (Å²) in [7, 11) is 0. The lowest BCUT2D eigenvalue weighted by atomic mass is 10.0. The molecule has 1 aromatic rings. The van der Waals surface area contributed by atoms with Gasteiger partial charge in [0, 0.05) is 24.7 Å². The van der Waals surface area contributed by atoms with Gasteiger partial charge in [-0.1, -0.05) is 23.7 Å². The van der Waals surface area contributed by atoms with Gasteiger partial charge in [-0.3, -0.25) is 4.90 Å². The molecule has 0 spiro atoms. The van der Waals surface area contributed by atoms with E-state index in [1.807, 2.05) is 45.0 Å². The van der Waals surface area contributed by atoms with E-state index in [2.05, 4.69) is 10.2 Å². The van der Waals surface area contributed by atoms with Gasteiger partial charge < -0.3 is 14.8 Å². The van der Waals surface area contributed by atoms with Crippen molar-refractivity contribution in [2.75, 3.05) is 32.8 Å². The van der Waals surface area contributed by atoms with Crippen LogP contribution >= 0.6 is 11.6 Å². The van der Waals surface area contributed by atoms with Crippen molar-refractivity contribution < 1.29 is 14.3 Å². The zero-order chi connectivity index (χ0) is 16.9. The summed E-state index contributed by atoms with van der Waals surface area (Å²) in [4.78, 5) is 14.2. The molecule has 0 bridgehead atoms. The molecule has 1 aliphatic rings. The Morgan fingerprint density at radius 2 is 2.09 bits per heavy atom. The second-order valence-electron chi connectivity index (χ2n) is 6.60. The first kappa shape index (κ1) is 18.0. The topological polar surface area (TPSA) is 50.8 Å². The molecule has 1 unspecified atom stereocenters. The number of rotatable bonds is 4. The van der Waals surface area contributed by atoms with Crippen molar-refractivity contribution in [2.45, 2.75) is 32.4 Å². The SMILES string of the molecule is CC(C)(C)OC(=O)NCC(c1cccc(Cl)c1)N1CCOCC1. The summed E-state index contributed by atoms with van der Waals surface area (Å²) in [6.07, 6.45) is -0.405. The third kappa shape index (κ3) is 6.01. The lowest BCUT2D eigenvalue weighted by molar-refractivity contribution is 0.0140. The molecule has 1 N–H and O–H groups in total. The van der Waals surface area contributed by atoms with E-state index in [-0.39, 0.29) is 6.04 Å². The molecule has 23 heavy (non-hydrogen) atoms. The van der Waals surface area contributed by atoms with Crippen molar-refractivity contribution in [3.8, 4) is 0 Å². The number of halogens is 1. The maximum atomic E-state index is 11.9. The molecular weight excluding hydrogens is 316 g/mol. The van der Waals surface area contributed by atoms with Gasteiger partial charge in [-0.15, -0.1) is 0 Å². The Labute approximate surface area is 142 Å². The molecule has 1 saturated heterocycles. The van der Waals surface area contributed by atoms with E-state index in [1.54, 1.807) is 0 Å². The summed E-state index contributed by atoms with van der Waals surface area (Å²) in [5.74, 6) is 0. The van der Waals surface area contributed by atoms with Crippen molar-refractivity contribution in [2.24, 2.45) is 0 Å². The number of benzene rings is 1. The standard InChI is InChI=1S/C17H25ClN2O3/c1-17(2,3)23-16(21)19-12-15(20-7-9-22-10-8-20)13-5-4-6-14(18)11-13/h4-6,11,15H,7-10,12H2,1-3H3,(H,19,21). The van der Waals surface area contributed by atoms with E-state index in [1.165, 1.54) is 0 Å². The number of hydrogen-bond donors (Lipinski definition) is 1. The van der Waals surface area contributed by atoms with Gasteiger partial charge in [0.2, 0.25) is 0 Å². The molecular formula is C17H25ClN2O3. The number of morpholine rings is 1. The number of hydrogen-bond acceptors (Lipinski definition) is 4. The second-order valence-corrected chi connectivity index (χ2v) is 7.04. The number of nitrogens with one attached hydrogen (secondary N) is 1. The number of ether oxygens (including phenoxy) is 2. The van der Waals surface area contributed by atoms with Crippen LogP contribution in [-0.4, -0.2) is 49.4 Å². The van der Waals surface area contributed by atoms with Crippen LogP contribution in [0.2, 0.25) is 5.02 Å². The monoisotopic (exact) mass is 340 g/mol. The van der Waals surface area contributed by atoms with Crippen LogP contribution in [0.4, 0.5) is 4.79 Å². The Morgan fingerprint density at radius 3 is 2.70 bits per heavy atom. The average molecular weight is 341 g/mol. The van der Waals surface area contributed by atoms with E-state index in [0.29, 0.717) is 24.8 Å². The van der Waals surface area contributed by atoms with Crippen LogP contribution in [0.15, 0.2) is 24.3 Å². The van der Waals surface area contributed by atoms with E-state index in [0.717, 1.165) is 18.7 Å². The van der Waals surface area contributed by atoms with Gasteiger partial charge in [0.25, 0.3) is 0 Å². The fraction of sp³-hybridized carbons (Fsp3) is 0.588. The lowest BCUT2D eigenvalue weighted by Crippen LogP contribution is -2.44. The minimum Gasteiger partial charge on any atom is -0.444 e. The van der Waals surface area contributed by atoms with Crippen LogP contribution in [0.25, 0.3) is 0 Å². The lowest BCUT2D eigenvalue weighted by Gasteiger charge is -2.35. The quantitative estimate of drug-likeness (QED) is 0.914. The minimum absolute atomic E-state index is 0.0464. The van der Waals surface area contributed by atoms with Crippen LogP contribution in [-0.2, 0) is 9.47 Å². The fourth-order valence-electron chi connectivity index (χ4n) is 2.55. The zero-order valence-electron chi connectivity index (χ0n) is 14.0. The highest BCUT2D eigenvalue weighted by Gasteiger charge is 2.24. The Morgan fingerprint density at radius 1 is 1.39 bits per heavy atom. The van der Waals surface area contributed by atoms with Gasteiger partial charge in [-0.25, -0.2) is 4.79 Å². The number of amides is 1. The molecule has 0 aromatic heterocycles. The summed E-state index contributed by atoms with van der Waals surface area (Å²) < 4.78 is 10.7. The van der Waals surface area contributed by atoms with Crippen LogP contribution in [0.5, 0.6) is 0 Å². The Balaban J connectivity index is 2.06. The molecule has 1 fully saturated rings. The first-order valence-electron chi connectivity index (χ1n) is 7.89. The normalized spacial score (nSPS) is 17.6. The molecule has 1 aromatic carbocycles. The molecule has 0 saturated carbocycles. The van der Waals surface area contributed by atoms with Crippen molar-refractivity contribution in [3.05, 3.63) is 34.9 Å². The largest absolute Gasteiger partial charge is 0.444 e. The number of carbonyl (C=O) groups is 1. The van der Waals surface area contributed by atoms with Gasteiger partial charge in [0.05, 0.1) is 19.3 Å². The molecule has 2 rings (SSSR count). The van der Waals surface area contributed by atoms with Gasteiger partial charge in [-0.05, 0) is 38.5 Å². The molecule has 1 heterocycles. The average Bonchev–Trinajstić information content (AvgIpc) is 2.47. The number of carbonyl (C=O) groups excluding carboxylic acids is 1. The third-order valence-electron chi connectivity index (χ3n) is 3.56. The second kappa shape index (κ2) is 7.99. The van der Waals surface area contributed by atoms with Gasteiger partial charge >= 0.3 is 6.09 Å². The van der Waals surface area contributed by atoms with E-state index >= 15 is 0 Å². The Bertz CT molecular complexity index is 525. The highest BCUT2D eigenvalue weighted by atomic mass is 35.5. The van der Waals surface area contributed by atoms with Crippen molar-refractivity contribution in [3.63, 3.8) is 0 Å². The summed E-state index contributed by atoms with van der Waals surface area (Å²) in [5, 5.41) is 3.56. The molecule has 0 radical (unpaired) electrons. The molecule has 6 heteroatoms. The number of alkyl carbamates (subject to hydrolysis) is 1. The molecule has 1 amide bonds. The van der Waals surface area contributed by atoms with Crippen LogP contribution < -0.4 is 5.32 Å². The van der Waals surface area contributed by atoms with Crippen molar-refractivity contribution in [1.82, 2.24) is 10.2 Å². The summed E-state index contributed by atoms with van der Waals surface area (Å²) >= 11 is 6.12. The smallest absolute Gasteiger partial charge is 0.407 e. The van der Waals surface area contributed by atoms with E-state index in [4.69, 9.17) is 21.1 Å². The van der Waals surface area contributed by atoms with Crippen LogP contribution in [0, 0.1) is 0 Å². The highest BCUT2D eigenvalue weighted by molar-refractivity contribution is 6.30. The van der Waals surface area contributed by atoms with Crippen molar-refractivity contribution in [1.29, 1.82) is 0 Å². The summed E-state index contributed by atoms with van der Waals surface area (Å²) in [5.41, 5.74) is 0.574. The Hall–Kier alpha value is -1.30. The van der Waals surface area contributed by atoms with Crippen molar-refractivity contribution >= 4 is 17.7 Å². The van der Waals surface area contributed by atoms with E-state index in [9.17, 15) is 4.79 Å². The van der Waals surface area contributed by atoms with E-state index < -0.39 is 11.7 Å². The maximum absolute atomic E-state index is 11.9. The highest BCUT2D eigenvalue weighted by Crippen LogP contribution is 2.24. The van der Waals surface area contributed by atoms with Crippen LogP contribution in [0.1, 0.15) is 32.4 Å². The van der Waals surface area contributed by atoms with Gasteiger partial charge in [-0.2, -0.15) is 0 Å². The Kier molecular flexibility index (Phi) is 6.27. The molecule has 5 nitrogen and oxygen atoms in total. The minimum atomic E-state index is -0.505. The van der Waals surface area contributed by atoms with Gasteiger partial charge in [0.1, 0.15) is 5.60 Å². The number of nitrogens with zero attached hydrogens (tertiary/aromatic N) is 1. The first-order valence-corrected chi connectivity index (χ1v) is 8.27. The zero-order valence-corrected chi connectivity index (χ0v) is 14.7. The summed E-state index contributed by atoms with van der Waals surface area (Å²) in [6.45, 7) is 9.07. The molecule has 0 aliphatic carbocycles. The van der Waals surface area contributed by atoms with Gasteiger partial charge in [0.15, 0.2) is 0 Å². The fourth-order valence-corrected chi connectivity index (χ4v) is 2.75. The maximum Gasteiger partial charge on any atom is 0.407 e. The molecule has 1 aliphatic heterocycles. The van der Waals surface area contributed by atoms with Crippen LogP contribution in [0.3, 0.4) is 0 Å². The molecule has 128 valence electrons. The summed E-state index contributed by atoms with van der Waals surface area (Å²) in [6, 6.07) is 7.80. The molecule has 1 atom stereocenters. The third-order valence-corrected chi connectivity index (χ3v) is 3.79. The predicted octanol–water partition coefficient (Wildman–Crippen LogP) is 3.24. The first-order chi connectivity index (χ1) is 10.8.